The molecule has 9 unspecified atom stereocenters. The lowest BCUT2D eigenvalue weighted by Gasteiger charge is -2.61. The van der Waals surface area contributed by atoms with E-state index in [2.05, 4.69) is 19.8 Å². The van der Waals surface area contributed by atoms with Crippen LogP contribution in [0.5, 0.6) is 0 Å². The second-order valence-electron chi connectivity index (χ2n) is 10.5. The molecule has 0 aromatic rings. The third-order valence-electron chi connectivity index (χ3n) is 9.57. The predicted octanol–water partition coefficient (Wildman–Crippen LogP) is 5.37. The molecule has 0 saturated heterocycles. The molecule has 0 heterocycles. The summed E-state index contributed by atoms with van der Waals surface area (Å²) in [6.45, 7) is 6.73. The number of terminal acetylenes is 1. The molecule has 9 atom stereocenters. The molecule has 25 heavy (non-hydrogen) atoms. The van der Waals surface area contributed by atoms with E-state index in [-0.39, 0.29) is 11.3 Å². The first kappa shape index (κ1) is 17.8. The van der Waals surface area contributed by atoms with Crippen LogP contribution in [-0.4, -0.2) is 16.9 Å². The van der Waals surface area contributed by atoms with Crippen LogP contribution in [0.25, 0.3) is 0 Å². The predicted molar refractivity (Wildman–Crippen MR) is 99.6 cm³/mol. The fourth-order valence-electron chi connectivity index (χ4n) is 8.23. The fraction of sp³-hybridized carbons (Fsp3) is 0.913. The van der Waals surface area contributed by atoms with Crippen molar-refractivity contribution in [3.63, 3.8) is 0 Å². The second kappa shape index (κ2) is 5.72. The SMILES string of the molecule is C#CC(C)(O)C1CCC2C3CCC4CC(F)CCC4(C)C3CCC21C. The Balaban J connectivity index is 1.61. The Morgan fingerprint density at radius 1 is 1.00 bits per heavy atom. The zero-order chi connectivity index (χ0) is 18.0. The second-order valence-corrected chi connectivity index (χ2v) is 10.5. The summed E-state index contributed by atoms with van der Waals surface area (Å²) < 4.78 is 14.0. The average molecular weight is 347 g/mol. The standard InChI is InChI=1S/C23H35FO/c1-5-23(4,25)20-9-8-18-17-7-6-15-14-16(24)10-12-21(15,2)19(17)11-13-22(18,20)3/h1,15-20,25H,6-14H2,2-4H3. The van der Waals surface area contributed by atoms with Gasteiger partial charge in [-0.05, 0) is 99.2 Å². The quantitative estimate of drug-likeness (QED) is 0.633. The summed E-state index contributed by atoms with van der Waals surface area (Å²) in [5, 5.41) is 10.8. The molecule has 0 aromatic heterocycles. The van der Waals surface area contributed by atoms with E-state index < -0.39 is 11.8 Å². The molecule has 0 aromatic carbocycles. The Morgan fingerprint density at radius 3 is 2.40 bits per heavy atom. The molecular formula is C23H35FO. The third kappa shape index (κ3) is 2.44. The van der Waals surface area contributed by atoms with Gasteiger partial charge < -0.3 is 5.11 Å². The number of alkyl halides is 1. The van der Waals surface area contributed by atoms with Crippen molar-refractivity contribution < 1.29 is 9.50 Å². The van der Waals surface area contributed by atoms with Crippen molar-refractivity contribution in [2.45, 2.75) is 90.3 Å². The molecule has 140 valence electrons. The van der Waals surface area contributed by atoms with Crippen molar-refractivity contribution in [1.82, 2.24) is 0 Å². The van der Waals surface area contributed by atoms with Crippen molar-refractivity contribution in [3.8, 4) is 12.3 Å². The summed E-state index contributed by atoms with van der Waals surface area (Å²) in [5.74, 6) is 5.71. The normalized spacial score (nSPS) is 54.6. The third-order valence-corrected chi connectivity index (χ3v) is 9.57. The molecule has 4 aliphatic carbocycles. The Bertz CT molecular complexity index is 577. The van der Waals surface area contributed by atoms with Gasteiger partial charge in [0.2, 0.25) is 0 Å². The summed E-state index contributed by atoms with van der Waals surface area (Å²) in [6.07, 6.45) is 15.0. The van der Waals surface area contributed by atoms with Crippen molar-refractivity contribution >= 4 is 0 Å². The maximum absolute atomic E-state index is 14.0. The summed E-state index contributed by atoms with van der Waals surface area (Å²) in [4.78, 5) is 0. The Hall–Kier alpha value is -0.550. The van der Waals surface area contributed by atoms with E-state index >= 15 is 0 Å². The number of hydrogen-bond acceptors (Lipinski definition) is 1. The van der Waals surface area contributed by atoms with Crippen LogP contribution in [-0.2, 0) is 0 Å². The van der Waals surface area contributed by atoms with Gasteiger partial charge in [0.05, 0.1) is 0 Å². The maximum atomic E-state index is 14.0. The average Bonchev–Trinajstić information content (AvgIpc) is 2.93. The highest BCUT2D eigenvalue weighted by atomic mass is 19.1. The largest absolute Gasteiger partial charge is 0.378 e. The van der Waals surface area contributed by atoms with Gasteiger partial charge >= 0.3 is 0 Å². The van der Waals surface area contributed by atoms with Gasteiger partial charge in [0, 0.05) is 5.92 Å². The molecule has 1 N–H and O–H groups in total. The zero-order valence-electron chi connectivity index (χ0n) is 16.2. The van der Waals surface area contributed by atoms with E-state index in [1.807, 2.05) is 6.92 Å². The van der Waals surface area contributed by atoms with Crippen LogP contribution < -0.4 is 0 Å². The highest BCUT2D eigenvalue weighted by Gasteiger charge is 2.62. The molecule has 2 heteroatoms. The molecule has 4 rings (SSSR count). The van der Waals surface area contributed by atoms with Gasteiger partial charge in [-0.3, -0.25) is 0 Å². The Labute approximate surface area is 153 Å². The highest BCUT2D eigenvalue weighted by molar-refractivity contribution is 5.17. The van der Waals surface area contributed by atoms with E-state index in [4.69, 9.17) is 6.42 Å². The number of hydrogen-bond donors (Lipinski definition) is 1. The maximum Gasteiger partial charge on any atom is 0.125 e. The minimum atomic E-state index is -0.982. The molecular weight excluding hydrogens is 311 g/mol. The fourth-order valence-corrected chi connectivity index (χ4v) is 8.23. The molecule has 4 aliphatic rings. The van der Waals surface area contributed by atoms with Crippen LogP contribution in [0.4, 0.5) is 4.39 Å². The lowest BCUT2D eigenvalue weighted by molar-refractivity contribution is -0.131. The van der Waals surface area contributed by atoms with E-state index in [1.54, 1.807) is 0 Å². The van der Waals surface area contributed by atoms with Crippen molar-refractivity contribution in [1.29, 1.82) is 0 Å². The van der Waals surface area contributed by atoms with Crippen LogP contribution >= 0.6 is 0 Å². The monoisotopic (exact) mass is 346 g/mol. The van der Waals surface area contributed by atoms with Gasteiger partial charge in [-0.25, -0.2) is 4.39 Å². The van der Waals surface area contributed by atoms with Crippen LogP contribution in [0.2, 0.25) is 0 Å². The van der Waals surface area contributed by atoms with Crippen LogP contribution in [0.1, 0.15) is 78.6 Å². The lowest BCUT2D eigenvalue weighted by Crippen LogP contribution is -2.55. The number of halogens is 1. The summed E-state index contributed by atoms with van der Waals surface area (Å²) >= 11 is 0. The van der Waals surface area contributed by atoms with E-state index in [1.165, 1.54) is 32.1 Å². The Morgan fingerprint density at radius 2 is 1.68 bits per heavy atom. The molecule has 0 bridgehead atoms. The van der Waals surface area contributed by atoms with Crippen LogP contribution in [0.15, 0.2) is 0 Å². The molecule has 0 amide bonds. The molecule has 4 fully saturated rings. The van der Waals surface area contributed by atoms with Gasteiger partial charge in [-0.1, -0.05) is 19.8 Å². The van der Waals surface area contributed by atoms with E-state index in [0.29, 0.717) is 17.3 Å². The van der Waals surface area contributed by atoms with Crippen LogP contribution in [0.3, 0.4) is 0 Å². The van der Waals surface area contributed by atoms with Crippen molar-refractivity contribution in [2.24, 2.45) is 40.4 Å². The summed E-state index contributed by atoms with van der Waals surface area (Å²) in [7, 11) is 0. The van der Waals surface area contributed by atoms with Crippen molar-refractivity contribution in [2.75, 3.05) is 0 Å². The van der Waals surface area contributed by atoms with Gasteiger partial charge in [0.15, 0.2) is 0 Å². The molecule has 0 spiro atoms. The van der Waals surface area contributed by atoms with Gasteiger partial charge in [0.25, 0.3) is 0 Å². The highest BCUT2D eigenvalue weighted by Crippen LogP contribution is 2.68. The number of aliphatic hydroxyl groups is 1. The first-order chi connectivity index (χ1) is 11.7. The molecule has 0 radical (unpaired) electrons. The van der Waals surface area contributed by atoms with E-state index in [9.17, 15) is 9.50 Å². The first-order valence-corrected chi connectivity index (χ1v) is 10.6. The topological polar surface area (TPSA) is 20.2 Å². The lowest BCUT2D eigenvalue weighted by atomic mass is 9.44. The minimum Gasteiger partial charge on any atom is -0.378 e. The summed E-state index contributed by atoms with van der Waals surface area (Å²) in [6, 6.07) is 0. The van der Waals surface area contributed by atoms with E-state index in [0.717, 1.165) is 37.5 Å². The van der Waals surface area contributed by atoms with Crippen molar-refractivity contribution in [3.05, 3.63) is 0 Å². The smallest absolute Gasteiger partial charge is 0.125 e. The van der Waals surface area contributed by atoms with Crippen LogP contribution in [0, 0.1) is 52.8 Å². The first-order valence-electron chi connectivity index (χ1n) is 10.6. The molecule has 1 nitrogen and oxygen atoms in total. The summed E-state index contributed by atoms with van der Waals surface area (Å²) in [5.41, 5.74) is -0.458. The molecule has 0 aliphatic heterocycles. The van der Waals surface area contributed by atoms with Gasteiger partial charge in [0.1, 0.15) is 11.8 Å². The zero-order valence-corrected chi connectivity index (χ0v) is 16.2. The van der Waals surface area contributed by atoms with Gasteiger partial charge in [-0.15, -0.1) is 6.42 Å². The number of rotatable bonds is 1. The number of fused-ring (bicyclic) bond motifs is 5. The molecule has 4 saturated carbocycles. The van der Waals surface area contributed by atoms with Gasteiger partial charge in [-0.2, -0.15) is 0 Å². The Kier molecular flexibility index (Phi) is 4.08. The minimum absolute atomic E-state index is 0.178.